The van der Waals surface area contributed by atoms with Gasteiger partial charge in [0.2, 0.25) is 12.7 Å². The molecule has 1 saturated heterocycles. The normalized spacial score (nSPS) is 39.8. The van der Waals surface area contributed by atoms with Gasteiger partial charge in [-0.1, -0.05) is 0 Å². The van der Waals surface area contributed by atoms with Crippen LogP contribution in [0.5, 0.6) is 0 Å². The lowest BCUT2D eigenvalue weighted by atomic mass is 10.2. The van der Waals surface area contributed by atoms with Crippen LogP contribution in [0, 0.1) is 0 Å². The molecule has 2 unspecified atom stereocenters. The molecule has 0 saturated carbocycles. The van der Waals surface area contributed by atoms with Crippen molar-refractivity contribution in [2.24, 2.45) is 0 Å². The smallest absolute Gasteiger partial charge is 0.201 e. The molecule has 1 aliphatic heterocycles. The van der Waals surface area contributed by atoms with Crippen molar-refractivity contribution in [2.45, 2.75) is 32.0 Å². The zero-order chi connectivity index (χ0) is 5.98. The molecule has 1 rings (SSSR count). The van der Waals surface area contributed by atoms with Crippen molar-refractivity contribution >= 4 is 0 Å². The topological polar surface area (TPSA) is 9.23 Å². The predicted octanol–water partition coefficient (Wildman–Crippen LogP) is 1.78. The minimum Gasteiger partial charge on any atom is -0.314 e. The van der Waals surface area contributed by atoms with Gasteiger partial charge in [-0.15, -0.1) is 0 Å². The van der Waals surface area contributed by atoms with Crippen LogP contribution in [0.3, 0.4) is 0 Å². The minimum absolute atomic E-state index is 0.348. The minimum atomic E-state index is -1.36. The standard InChI is InChI=1S/C5H8F2O/c6-4-2-1-3-5(7)8-4/h4-5H,1-3H2. The molecule has 3 heteroatoms. The highest BCUT2D eigenvalue weighted by Crippen LogP contribution is 2.19. The Labute approximate surface area is 46.6 Å². The van der Waals surface area contributed by atoms with Gasteiger partial charge < -0.3 is 4.74 Å². The van der Waals surface area contributed by atoms with E-state index in [1.54, 1.807) is 0 Å². The Morgan fingerprint density at radius 2 is 1.62 bits per heavy atom. The summed E-state index contributed by atoms with van der Waals surface area (Å²) in [5, 5.41) is 0. The van der Waals surface area contributed by atoms with Crippen LogP contribution >= 0.6 is 0 Å². The molecule has 0 N–H and O–H groups in total. The fourth-order valence-corrected chi connectivity index (χ4v) is 0.735. The average Bonchev–Trinajstić information content (AvgIpc) is 1.64. The zero-order valence-electron chi connectivity index (χ0n) is 4.44. The molecule has 2 atom stereocenters. The second kappa shape index (κ2) is 2.40. The summed E-state index contributed by atoms with van der Waals surface area (Å²) in [4.78, 5) is 0. The summed E-state index contributed by atoms with van der Waals surface area (Å²) in [5.41, 5.74) is 0. The van der Waals surface area contributed by atoms with Crippen LogP contribution in [0.2, 0.25) is 0 Å². The van der Waals surface area contributed by atoms with E-state index in [-0.39, 0.29) is 0 Å². The zero-order valence-corrected chi connectivity index (χ0v) is 4.44. The van der Waals surface area contributed by atoms with Gasteiger partial charge in [0.25, 0.3) is 0 Å². The van der Waals surface area contributed by atoms with E-state index in [1.807, 2.05) is 0 Å². The Morgan fingerprint density at radius 1 is 1.12 bits per heavy atom. The molecule has 0 bridgehead atoms. The lowest BCUT2D eigenvalue weighted by Gasteiger charge is -2.18. The molecule has 48 valence electrons. The van der Waals surface area contributed by atoms with Gasteiger partial charge in [0.1, 0.15) is 0 Å². The Bertz CT molecular complexity index is 68.8. The van der Waals surface area contributed by atoms with Gasteiger partial charge in [0.15, 0.2) is 0 Å². The maximum Gasteiger partial charge on any atom is 0.201 e. The van der Waals surface area contributed by atoms with Crippen LogP contribution < -0.4 is 0 Å². The van der Waals surface area contributed by atoms with E-state index in [4.69, 9.17) is 0 Å². The summed E-state index contributed by atoms with van der Waals surface area (Å²) in [5.74, 6) is 0. The fourth-order valence-electron chi connectivity index (χ4n) is 0.735. The van der Waals surface area contributed by atoms with Gasteiger partial charge in [-0.05, 0) is 6.42 Å². The van der Waals surface area contributed by atoms with Crippen molar-refractivity contribution in [2.75, 3.05) is 0 Å². The van der Waals surface area contributed by atoms with Crippen molar-refractivity contribution < 1.29 is 13.5 Å². The number of hydrogen-bond acceptors (Lipinski definition) is 1. The molecule has 0 aromatic heterocycles. The van der Waals surface area contributed by atoms with Gasteiger partial charge in [-0.3, -0.25) is 0 Å². The first-order valence-corrected chi connectivity index (χ1v) is 2.72. The SMILES string of the molecule is FC1CCCC(F)O1. The molecular formula is C5H8F2O. The molecular weight excluding hydrogens is 114 g/mol. The van der Waals surface area contributed by atoms with Crippen molar-refractivity contribution in [1.82, 2.24) is 0 Å². The number of hydrogen-bond donors (Lipinski definition) is 0. The molecule has 1 fully saturated rings. The number of ether oxygens (including phenoxy) is 1. The van der Waals surface area contributed by atoms with Crippen molar-refractivity contribution in [3.05, 3.63) is 0 Å². The summed E-state index contributed by atoms with van der Waals surface area (Å²) < 4.78 is 28.1. The van der Waals surface area contributed by atoms with Gasteiger partial charge in [0, 0.05) is 12.8 Å². The summed E-state index contributed by atoms with van der Waals surface area (Å²) in [7, 11) is 0. The van der Waals surface area contributed by atoms with E-state index in [2.05, 4.69) is 4.74 Å². The summed E-state index contributed by atoms with van der Waals surface area (Å²) >= 11 is 0. The van der Waals surface area contributed by atoms with Crippen LogP contribution in [-0.4, -0.2) is 12.7 Å². The van der Waals surface area contributed by atoms with Crippen LogP contribution in [-0.2, 0) is 4.74 Å². The largest absolute Gasteiger partial charge is 0.314 e. The Morgan fingerprint density at radius 3 is 1.88 bits per heavy atom. The van der Waals surface area contributed by atoms with Crippen LogP contribution in [0.15, 0.2) is 0 Å². The van der Waals surface area contributed by atoms with Gasteiger partial charge >= 0.3 is 0 Å². The quantitative estimate of drug-likeness (QED) is 0.475. The number of halogens is 2. The maximum absolute atomic E-state index is 12.0. The van der Waals surface area contributed by atoms with Gasteiger partial charge in [0.05, 0.1) is 0 Å². The first kappa shape index (κ1) is 5.95. The highest BCUT2D eigenvalue weighted by molar-refractivity contribution is 4.55. The molecule has 0 aromatic rings. The van der Waals surface area contributed by atoms with E-state index in [0.717, 1.165) is 0 Å². The average molecular weight is 122 g/mol. The van der Waals surface area contributed by atoms with E-state index < -0.39 is 12.7 Å². The van der Waals surface area contributed by atoms with Crippen LogP contribution in [0.1, 0.15) is 19.3 Å². The van der Waals surface area contributed by atoms with Crippen LogP contribution in [0.25, 0.3) is 0 Å². The van der Waals surface area contributed by atoms with Crippen molar-refractivity contribution in [3.63, 3.8) is 0 Å². The second-order valence-corrected chi connectivity index (χ2v) is 1.89. The third kappa shape index (κ3) is 1.40. The summed E-state index contributed by atoms with van der Waals surface area (Å²) in [6, 6.07) is 0. The molecule has 1 nitrogen and oxygen atoms in total. The number of rotatable bonds is 0. The Balaban J connectivity index is 2.23. The molecule has 0 amide bonds. The van der Waals surface area contributed by atoms with Gasteiger partial charge in [-0.2, -0.15) is 0 Å². The Kier molecular flexibility index (Phi) is 1.78. The van der Waals surface area contributed by atoms with E-state index >= 15 is 0 Å². The third-order valence-corrected chi connectivity index (χ3v) is 1.16. The maximum atomic E-state index is 12.0. The highest BCUT2D eigenvalue weighted by atomic mass is 19.2. The molecule has 0 radical (unpaired) electrons. The molecule has 8 heavy (non-hydrogen) atoms. The van der Waals surface area contributed by atoms with E-state index in [0.29, 0.717) is 19.3 Å². The molecule has 1 heterocycles. The fraction of sp³-hybridized carbons (Fsp3) is 1.00. The monoisotopic (exact) mass is 122 g/mol. The molecule has 0 aromatic carbocycles. The van der Waals surface area contributed by atoms with Crippen LogP contribution in [0.4, 0.5) is 8.78 Å². The van der Waals surface area contributed by atoms with E-state index in [9.17, 15) is 8.78 Å². The second-order valence-electron chi connectivity index (χ2n) is 1.89. The van der Waals surface area contributed by atoms with Crippen molar-refractivity contribution in [1.29, 1.82) is 0 Å². The third-order valence-electron chi connectivity index (χ3n) is 1.16. The lowest BCUT2D eigenvalue weighted by Crippen LogP contribution is -2.20. The first-order valence-electron chi connectivity index (χ1n) is 2.72. The van der Waals surface area contributed by atoms with Crippen molar-refractivity contribution in [3.8, 4) is 0 Å². The lowest BCUT2D eigenvalue weighted by molar-refractivity contribution is -0.167. The molecule has 1 aliphatic rings. The summed E-state index contributed by atoms with van der Waals surface area (Å²) in [6.45, 7) is 0. The predicted molar refractivity (Wildman–Crippen MR) is 24.7 cm³/mol. The summed E-state index contributed by atoms with van der Waals surface area (Å²) in [6.07, 6.45) is -1.43. The molecule has 0 spiro atoms. The Hall–Kier alpha value is -0.180. The first-order chi connectivity index (χ1) is 3.79. The molecule has 0 aliphatic carbocycles. The highest BCUT2D eigenvalue weighted by Gasteiger charge is 2.19. The number of alkyl halides is 2. The van der Waals surface area contributed by atoms with Gasteiger partial charge in [-0.25, -0.2) is 8.78 Å². The van der Waals surface area contributed by atoms with E-state index in [1.165, 1.54) is 0 Å².